The van der Waals surface area contributed by atoms with Crippen LogP contribution in [0.4, 0.5) is 5.95 Å². The molecular formula is C35H43N11O4. The largest absolute Gasteiger partial charge is 0.494 e. The number of aliphatic imine (C=N–C) groups is 2. The van der Waals surface area contributed by atoms with E-state index in [1.54, 1.807) is 57.5 Å². The summed E-state index contributed by atoms with van der Waals surface area (Å²) in [6.07, 6.45) is 12.8. The van der Waals surface area contributed by atoms with Crippen molar-refractivity contribution in [2.45, 2.75) is 26.9 Å². The summed E-state index contributed by atoms with van der Waals surface area (Å²) < 4.78 is 15.7. The van der Waals surface area contributed by atoms with Crippen molar-refractivity contribution in [1.82, 2.24) is 19.1 Å². The van der Waals surface area contributed by atoms with Crippen molar-refractivity contribution in [1.29, 1.82) is 0 Å². The van der Waals surface area contributed by atoms with Gasteiger partial charge < -0.3 is 46.9 Å². The quantitative estimate of drug-likeness (QED) is 0.0621. The second-order valence-corrected chi connectivity index (χ2v) is 10.9. The first-order valence-corrected chi connectivity index (χ1v) is 15.8. The van der Waals surface area contributed by atoms with Crippen LogP contribution >= 0.6 is 0 Å². The Morgan fingerprint density at radius 3 is 2.34 bits per heavy atom. The fourth-order valence-corrected chi connectivity index (χ4v) is 5.17. The van der Waals surface area contributed by atoms with Crippen molar-refractivity contribution < 1.29 is 19.1 Å². The Morgan fingerprint density at radius 2 is 1.70 bits per heavy atom. The van der Waals surface area contributed by atoms with Crippen LogP contribution < -0.4 is 37.7 Å². The molecule has 9 N–H and O–H groups in total. The molecule has 4 aromatic rings. The van der Waals surface area contributed by atoms with E-state index in [0.717, 1.165) is 11.8 Å². The molecule has 4 rings (SSSR count). The number of imidazole rings is 2. The molecule has 0 bridgehead atoms. The van der Waals surface area contributed by atoms with E-state index in [1.807, 2.05) is 34.3 Å². The molecule has 0 spiro atoms. The Morgan fingerprint density at radius 1 is 0.980 bits per heavy atom. The lowest BCUT2D eigenvalue weighted by Crippen LogP contribution is -2.13. The van der Waals surface area contributed by atoms with Gasteiger partial charge in [-0.05, 0) is 50.3 Å². The number of ether oxygens (including phenoxy) is 2. The number of fused-ring (bicyclic) bond motifs is 2. The normalized spacial score (nSPS) is 13.0. The molecule has 0 unspecified atom stereocenters. The number of aldehydes is 1. The standard InChI is InChI=1S/C35H43N11O4/c1-5-42-28(14-22(2)37)34-43-27-17-24(33(39)48)18-30(50-13-9-6-10-41-20-25(38)19-36)32(27)45(34)11-7-8-12-46-31-26(44-35(46)40-3)15-23(21-47)16-29(31)49-4/h6-9,14-21H,5,10-13,36-38H2,1-4H3,(H2,39,48)(H,40,44)/b8-7+,9-6+,22-14-,25-19+,41-20?,42-28?. The first-order valence-electron chi connectivity index (χ1n) is 15.8. The zero-order valence-corrected chi connectivity index (χ0v) is 28.6. The summed E-state index contributed by atoms with van der Waals surface area (Å²) in [5, 5.41) is 3.12. The number of aromatic nitrogens is 4. The third-order valence-corrected chi connectivity index (χ3v) is 7.31. The highest BCUT2D eigenvalue weighted by molar-refractivity contribution is 6.09. The molecule has 2 aromatic heterocycles. The van der Waals surface area contributed by atoms with Gasteiger partial charge in [0.15, 0.2) is 5.82 Å². The molecule has 15 heteroatoms. The van der Waals surface area contributed by atoms with Crippen LogP contribution in [0.2, 0.25) is 0 Å². The molecular weight excluding hydrogens is 638 g/mol. The van der Waals surface area contributed by atoms with Crippen LogP contribution in [0.5, 0.6) is 11.5 Å². The van der Waals surface area contributed by atoms with E-state index >= 15 is 0 Å². The van der Waals surface area contributed by atoms with Gasteiger partial charge in [0.25, 0.3) is 0 Å². The minimum atomic E-state index is -0.619. The Hall–Kier alpha value is -6.38. The molecule has 0 atom stereocenters. The van der Waals surface area contributed by atoms with E-state index in [9.17, 15) is 9.59 Å². The first-order chi connectivity index (χ1) is 24.1. The molecule has 0 aliphatic heterocycles. The lowest BCUT2D eigenvalue weighted by atomic mass is 10.1. The zero-order chi connectivity index (χ0) is 36.2. The number of nitrogens with one attached hydrogen (secondary N) is 1. The summed E-state index contributed by atoms with van der Waals surface area (Å²) >= 11 is 0. The highest BCUT2D eigenvalue weighted by Gasteiger charge is 2.20. The second kappa shape index (κ2) is 17.1. The minimum absolute atomic E-state index is 0.178. The highest BCUT2D eigenvalue weighted by atomic mass is 16.5. The van der Waals surface area contributed by atoms with Crippen LogP contribution in [0.25, 0.3) is 22.1 Å². The summed E-state index contributed by atoms with van der Waals surface area (Å²) in [4.78, 5) is 42.2. The van der Waals surface area contributed by atoms with E-state index < -0.39 is 5.91 Å². The lowest BCUT2D eigenvalue weighted by molar-refractivity contribution is 0.0999. The van der Waals surface area contributed by atoms with Gasteiger partial charge in [0.2, 0.25) is 11.9 Å². The Bertz CT molecular complexity index is 2040. The number of amides is 1. The average Bonchev–Trinajstić information content (AvgIpc) is 3.66. The fourth-order valence-electron chi connectivity index (χ4n) is 5.17. The molecule has 50 heavy (non-hydrogen) atoms. The van der Waals surface area contributed by atoms with E-state index in [0.29, 0.717) is 88.7 Å². The number of nitrogens with zero attached hydrogens (tertiary/aromatic N) is 6. The molecule has 0 aliphatic rings. The number of rotatable bonds is 17. The van der Waals surface area contributed by atoms with Crippen LogP contribution in [0.1, 0.15) is 40.4 Å². The van der Waals surface area contributed by atoms with Gasteiger partial charge in [-0.15, -0.1) is 0 Å². The van der Waals surface area contributed by atoms with E-state index in [4.69, 9.17) is 37.4 Å². The maximum atomic E-state index is 12.3. The molecule has 0 fully saturated rings. The van der Waals surface area contributed by atoms with E-state index in [1.165, 1.54) is 12.4 Å². The molecule has 262 valence electrons. The number of anilines is 1. The molecule has 2 aromatic carbocycles. The monoisotopic (exact) mass is 681 g/mol. The van der Waals surface area contributed by atoms with Crippen LogP contribution in [0.15, 0.2) is 82.2 Å². The number of primary amides is 1. The van der Waals surface area contributed by atoms with Crippen molar-refractivity contribution in [3.63, 3.8) is 0 Å². The van der Waals surface area contributed by atoms with Gasteiger partial charge >= 0.3 is 0 Å². The van der Waals surface area contributed by atoms with Gasteiger partial charge in [-0.3, -0.25) is 19.6 Å². The first kappa shape index (κ1) is 36.5. The number of hydrogen-bond acceptors (Lipinski definition) is 12. The predicted octanol–water partition coefficient (Wildman–Crippen LogP) is 3.04. The number of benzene rings is 2. The molecule has 0 radical (unpaired) electrons. The molecule has 0 saturated carbocycles. The average molecular weight is 682 g/mol. The third-order valence-electron chi connectivity index (χ3n) is 7.31. The molecule has 15 nitrogen and oxygen atoms in total. The summed E-state index contributed by atoms with van der Waals surface area (Å²) in [7, 11) is 3.33. The molecule has 2 heterocycles. The molecule has 0 aliphatic carbocycles. The topological polar surface area (TPSA) is 229 Å². The number of methoxy groups -OCH3 is 1. The van der Waals surface area contributed by atoms with E-state index in [-0.39, 0.29) is 12.2 Å². The highest BCUT2D eigenvalue weighted by Crippen LogP contribution is 2.31. The summed E-state index contributed by atoms with van der Waals surface area (Å²) in [5.74, 6) is 1.46. The summed E-state index contributed by atoms with van der Waals surface area (Å²) in [6, 6.07) is 6.64. The summed E-state index contributed by atoms with van der Waals surface area (Å²) in [5.41, 5.74) is 27.5. The Balaban J connectivity index is 1.76. The zero-order valence-electron chi connectivity index (χ0n) is 28.6. The van der Waals surface area contributed by atoms with Gasteiger partial charge in [0, 0.05) is 55.9 Å². The van der Waals surface area contributed by atoms with Crippen molar-refractivity contribution in [2.75, 3.05) is 39.2 Å². The molecule has 1 amide bonds. The maximum absolute atomic E-state index is 12.3. The maximum Gasteiger partial charge on any atom is 0.248 e. The van der Waals surface area contributed by atoms with Crippen LogP contribution in [0, 0.1) is 0 Å². The van der Waals surface area contributed by atoms with Gasteiger partial charge in [-0.2, -0.15) is 0 Å². The van der Waals surface area contributed by atoms with Gasteiger partial charge in [-0.1, -0.05) is 18.2 Å². The van der Waals surface area contributed by atoms with Crippen molar-refractivity contribution >= 4 is 52.1 Å². The minimum Gasteiger partial charge on any atom is -0.494 e. The lowest BCUT2D eigenvalue weighted by Gasteiger charge is -2.12. The van der Waals surface area contributed by atoms with Crippen LogP contribution in [0.3, 0.4) is 0 Å². The predicted molar refractivity (Wildman–Crippen MR) is 198 cm³/mol. The van der Waals surface area contributed by atoms with E-state index in [2.05, 4.69) is 20.3 Å². The van der Waals surface area contributed by atoms with Crippen LogP contribution in [-0.4, -0.2) is 77.1 Å². The van der Waals surface area contributed by atoms with Crippen molar-refractivity contribution in [3.8, 4) is 11.5 Å². The number of carbonyl (C=O) groups is 2. The number of carbonyl (C=O) groups excluding carboxylic acids is 2. The van der Waals surface area contributed by atoms with Gasteiger partial charge in [0.1, 0.15) is 41.1 Å². The number of nitrogens with two attached hydrogens (primary N) is 4. The number of allylic oxidation sites excluding steroid dienone is 5. The smallest absolute Gasteiger partial charge is 0.248 e. The SMILES string of the molecule is CCN=C(/C=C(/C)N)c1nc2cc(C(N)=O)cc(OC/C=C/CN=C/C(N)=C\N)c2n1C/C=C/Cn1c(NC)nc2cc(C=O)cc(OC)c21. The third kappa shape index (κ3) is 8.55. The van der Waals surface area contributed by atoms with Gasteiger partial charge in [-0.25, -0.2) is 9.97 Å². The van der Waals surface area contributed by atoms with Crippen molar-refractivity contribution in [3.05, 3.63) is 89.2 Å². The number of hydrogen-bond donors (Lipinski definition) is 5. The van der Waals surface area contributed by atoms with Crippen molar-refractivity contribution in [2.24, 2.45) is 32.9 Å². The Kier molecular flexibility index (Phi) is 12.5. The Labute approximate surface area is 289 Å². The second-order valence-electron chi connectivity index (χ2n) is 10.9. The fraction of sp³-hybridized carbons (Fsp3) is 0.257. The van der Waals surface area contributed by atoms with Crippen LogP contribution in [-0.2, 0) is 13.1 Å². The molecule has 0 saturated heterocycles. The summed E-state index contributed by atoms with van der Waals surface area (Å²) in [6.45, 7) is 5.51. The van der Waals surface area contributed by atoms with Gasteiger partial charge in [0.05, 0.1) is 30.4 Å².